The summed E-state index contributed by atoms with van der Waals surface area (Å²) in [5, 5.41) is 7.01. The largest absolute Gasteiger partial charge is 0.465 e. The first kappa shape index (κ1) is 25.5. The SMILES string of the molecule is COC(=O)c1ccc(Oc2cccc3c(C(=O)NCCCNC(=O)OC(C)(C)C)cccc23)nc1. The van der Waals surface area contributed by atoms with Crippen molar-refractivity contribution in [3.63, 3.8) is 0 Å². The number of amides is 2. The number of hydrogen-bond acceptors (Lipinski definition) is 7. The maximum absolute atomic E-state index is 12.8. The van der Waals surface area contributed by atoms with E-state index in [1.165, 1.54) is 13.3 Å². The summed E-state index contributed by atoms with van der Waals surface area (Å²) in [7, 11) is 1.30. The van der Waals surface area contributed by atoms with E-state index in [1.807, 2.05) is 12.1 Å². The molecule has 9 heteroatoms. The van der Waals surface area contributed by atoms with Gasteiger partial charge in [0.1, 0.15) is 11.4 Å². The molecule has 3 rings (SSSR count). The molecule has 0 aliphatic carbocycles. The maximum Gasteiger partial charge on any atom is 0.407 e. The second-order valence-corrected chi connectivity index (χ2v) is 8.67. The third kappa shape index (κ3) is 7.17. The first-order valence-electron chi connectivity index (χ1n) is 11.2. The number of rotatable bonds is 8. The molecule has 2 N–H and O–H groups in total. The summed E-state index contributed by atoms with van der Waals surface area (Å²) in [5.41, 5.74) is 0.262. The Morgan fingerprint density at radius 1 is 0.914 bits per heavy atom. The summed E-state index contributed by atoms with van der Waals surface area (Å²) >= 11 is 0. The van der Waals surface area contributed by atoms with Crippen molar-refractivity contribution in [3.8, 4) is 11.6 Å². The Balaban J connectivity index is 1.63. The van der Waals surface area contributed by atoms with Gasteiger partial charge in [0.2, 0.25) is 5.88 Å². The first-order valence-corrected chi connectivity index (χ1v) is 11.2. The molecule has 0 atom stereocenters. The summed E-state index contributed by atoms with van der Waals surface area (Å²) in [6, 6.07) is 13.9. The van der Waals surface area contributed by atoms with Gasteiger partial charge in [-0.3, -0.25) is 4.79 Å². The number of hydrogen-bond donors (Lipinski definition) is 2. The lowest BCUT2D eigenvalue weighted by molar-refractivity contribution is 0.0526. The van der Waals surface area contributed by atoms with Gasteiger partial charge >= 0.3 is 12.1 Å². The predicted molar refractivity (Wildman–Crippen MR) is 131 cm³/mol. The van der Waals surface area contributed by atoms with Crippen molar-refractivity contribution < 1.29 is 28.6 Å². The van der Waals surface area contributed by atoms with E-state index in [-0.39, 0.29) is 5.91 Å². The van der Waals surface area contributed by atoms with Crippen LogP contribution in [0.25, 0.3) is 10.8 Å². The van der Waals surface area contributed by atoms with Gasteiger partial charge in [0.25, 0.3) is 5.91 Å². The van der Waals surface area contributed by atoms with Gasteiger partial charge in [0.15, 0.2) is 0 Å². The van der Waals surface area contributed by atoms with Crippen LogP contribution in [0.2, 0.25) is 0 Å². The molecule has 0 saturated carbocycles. The molecule has 0 bridgehead atoms. The fraction of sp³-hybridized carbons (Fsp3) is 0.308. The lowest BCUT2D eigenvalue weighted by atomic mass is 10.0. The summed E-state index contributed by atoms with van der Waals surface area (Å²) in [4.78, 5) is 40.3. The lowest BCUT2D eigenvalue weighted by Crippen LogP contribution is -2.34. The van der Waals surface area contributed by atoms with Crippen LogP contribution >= 0.6 is 0 Å². The normalized spacial score (nSPS) is 11.0. The molecule has 0 fully saturated rings. The van der Waals surface area contributed by atoms with Crippen LogP contribution in [-0.4, -0.2) is 48.8 Å². The van der Waals surface area contributed by atoms with E-state index in [2.05, 4.69) is 20.4 Å². The molecule has 0 radical (unpaired) electrons. The minimum absolute atomic E-state index is 0.231. The molecule has 0 aliphatic rings. The number of ether oxygens (including phenoxy) is 3. The van der Waals surface area contributed by atoms with Crippen molar-refractivity contribution in [1.29, 1.82) is 0 Å². The number of methoxy groups -OCH3 is 1. The van der Waals surface area contributed by atoms with E-state index in [9.17, 15) is 14.4 Å². The number of pyridine rings is 1. The highest BCUT2D eigenvalue weighted by molar-refractivity contribution is 6.08. The zero-order valence-corrected chi connectivity index (χ0v) is 20.2. The van der Waals surface area contributed by atoms with Crippen LogP contribution in [0.15, 0.2) is 54.7 Å². The van der Waals surface area contributed by atoms with E-state index < -0.39 is 17.7 Å². The standard InChI is InChI=1S/C26H29N3O6/c1-26(2,3)35-25(32)28-15-7-14-27-23(30)20-10-5-9-19-18(20)8-6-11-21(19)34-22-13-12-17(16-29-22)24(31)33-4/h5-6,8-13,16H,7,14-15H2,1-4H3,(H,27,30)(H,28,32). The number of nitrogens with zero attached hydrogens (tertiary/aromatic N) is 1. The van der Waals surface area contributed by atoms with Crippen LogP contribution in [0.4, 0.5) is 4.79 Å². The van der Waals surface area contributed by atoms with Gasteiger partial charge in [-0.25, -0.2) is 14.6 Å². The number of carbonyl (C=O) groups is 3. The van der Waals surface area contributed by atoms with E-state index >= 15 is 0 Å². The number of nitrogens with one attached hydrogen (secondary N) is 2. The quantitative estimate of drug-likeness (QED) is 0.362. The monoisotopic (exact) mass is 479 g/mol. The third-order valence-electron chi connectivity index (χ3n) is 4.81. The predicted octanol–water partition coefficient (Wildman–Crippen LogP) is 4.46. The lowest BCUT2D eigenvalue weighted by Gasteiger charge is -2.19. The highest BCUT2D eigenvalue weighted by Gasteiger charge is 2.16. The number of esters is 1. The van der Waals surface area contributed by atoms with E-state index in [0.29, 0.717) is 42.3 Å². The van der Waals surface area contributed by atoms with Crippen molar-refractivity contribution in [1.82, 2.24) is 15.6 Å². The van der Waals surface area contributed by atoms with Gasteiger partial charge in [-0.2, -0.15) is 0 Å². The van der Waals surface area contributed by atoms with Crippen LogP contribution in [-0.2, 0) is 9.47 Å². The van der Waals surface area contributed by atoms with Crippen molar-refractivity contribution in [2.75, 3.05) is 20.2 Å². The number of alkyl carbamates (subject to hydrolysis) is 1. The molecular formula is C26H29N3O6. The molecule has 2 aromatic carbocycles. The molecule has 0 unspecified atom stereocenters. The van der Waals surface area contributed by atoms with Gasteiger partial charge in [0, 0.05) is 36.3 Å². The topological polar surface area (TPSA) is 116 Å². The minimum atomic E-state index is -0.558. The summed E-state index contributed by atoms with van der Waals surface area (Å²) < 4.78 is 15.8. The van der Waals surface area contributed by atoms with Crippen molar-refractivity contribution >= 4 is 28.7 Å². The summed E-state index contributed by atoms with van der Waals surface area (Å²) in [6.45, 7) is 6.16. The molecular weight excluding hydrogens is 450 g/mol. The van der Waals surface area contributed by atoms with Crippen LogP contribution < -0.4 is 15.4 Å². The van der Waals surface area contributed by atoms with Crippen molar-refractivity contribution in [2.24, 2.45) is 0 Å². The van der Waals surface area contributed by atoms with Crippen LogP contribution in [0.5, 0.6) is 11.6 Å². The summed E-state index contributed by atoms with van der Waals surface area (Å²) in [5.74, 6) is 0.116. The average molecular weight is 480 g/mol. The van der Waals surface area contributed by atoms with Crippen molar-refractivity contribution in [2.45, 2.75) is 32.8 Å². The highest BCUT2D eigenvalue weighted by atomic mass is 16.6. The Labute approximate surface area is 203 Å². The van der Waals surface area contributed by atoms with E-state index in [4.69, 9.17) is 9.47 Å². The van der Waals surface area contributed by atoms with Crippen LogP contribution in [0.3, 0.4) is 0 Å². The van der Waals surface area contributed by atoms with Gasteiger partial charge in [0.05, 0.1) is 12.7 Å². The highest BCUT2D eigenvalue weighted by Crippen LogP contribution is 2.31. The Morgan fingerprint density at radius 3 is 2.31 bits per heavy atom. The van der Waals surface area contributed by atoms with Crippen LogP contribution in [0.1, 0.15) is 47.9 Å². The number of carbonyl (C=O) groups excluding carboxylic acids is 3. The molecule has 0 aliphatic heterocycles. The van der Waals surface area contributed by atoms with Crippen molar-refractivity contribution in [3.05, 3.63) is 65.9 Å². The number of benzene rings is 2. The smallest absolute Gasteiger partial charge is 0.407 e. The average Bonchev–Trinajstić information content (AvgIpc) is 2.82. The van der Waals surface area contributed by atoms with E-state index in [1.54, 1.807) is 57.2 Å². The summed E-state index contributed by atoms with van der Waals surface area (Å²) in [6.07, 6.45) is 1.44. The molecule has 0 spiro atoms. The zero-order valence-electron chi connectivity index (χ0n) is 20.2. The molecule has 1 heterocycles. The molecule has 184 valence electrons. The van der Waals surface area contributed by atoms with Gasteiger partial charge < -0.3 is 24.8 Å². The molecule has 35 heavy (non-hydrogen) atoms. The fourth-order valence-corrected chi connectivity index (χ4v) is 3.25. The third-order valence-corrected chi connectivity index (χ3v) is 4.81. The molecule has 3 aromatic rings. The zero-order chi connectivity index (χ0) is 25.4. The Hall–Kier alpha value is -4.14. The van der Waals surface area contributed by atoms with Gasteiger partial charge in [-0.15, -0.1) is 0 Å². The number of aromatic nitrogens is 1. The Morgan fingerprint density at radius 2 is 1.63 bits per heavy atom. The van der Waals surface area contributed by atoms with Gasteiger partial charge in [-0.1, -0.05) is 24.3 Å². The second kappa shape index (κ2) is 11.3. The van der Waals surface area contributed by atoms with Crippen LogP contribution in [0, 0.1) is 0 Å². The van der Waals surface area contributed by atoms with E-state index in [0.717, 1.165) is 10.8 Å². The number of fused-ring (bicyclic) bond motifs is 1. The molecule has 1 aromatic heterocycles. The van der Waals surface area contributed by atoms with Gasteiger partial charge in [-0.05, 0) is 50.8 Å². The molecule has 9 nitrogen and oxygen atoms in total. The molecule has 0 saturated heterocycles. The fourth-order valence-electron chi connectivity index (χ4n) is 3.25. The Kier molecular flexibility index (Phi) is 8.25. The molecule has 2 amide bonds. The minimum Gasteiger partial charge on any atom is -0.465 e. The Bertz CT molecular complexity index is 1200. The second-order valence-electron chi connectivity index (χ2n) is 8.67. The first-order chi connectivity index (χ1) is 16.7. The maximum atomic E-state index is 12.8.